The maximum atomic E-state index is 4.80. The SMILES string of the molecule is Cc1ccccc1-c1cc(-c2ccccc2)nc(Nc2n[nH]c3ccccc23)n1. The van der Waals surface area contributed by atoms with Crippen molar-refractivity contribution in [2.24, 2.45) is 0 Å². The van der Waals surface area contributed by atoms with Crippen molar-refractivity contribution >= 4 is 22.7 Å². The standard InChI is InChI=1S/C24H19N5/c1-16-9-5-6-12-18(16)22-15-21(17-10-3-2-4-11-17)25-24(26-22)27-23-19-13-7-8-14-20(19)28-29-23/h2-15H,1H3,(H2,25,26,27,28,29). The highest BCUT2D eigenvalue weighted by Crippen LogP contribution is 2.29. The maximum absolute atomic E-state index is 4.80. The minimum Gasteiger partial charge on any atom is -0.307 e. The second-order valence-corrected chi connectivity index (χ2v) is 6.89. The summed E-state index contributed by atoms with van der Waals surface area (Å²) < 4.78 is 0. The normalized spacial score (nSPS) is 10.9. The van der Waals surface area contributed by atoms with Crippen LogP contribution in [0.3, 0.4) is 0 Å². The number of nitrogens with one attached hydrogen (secondary N) is 2. The van der Waals surface area contributed by atoms with Crippen molar-refractivity contribution in [3.63, 3.8) is 0 Å². The maximum Gasteiger partial charge on any atom is 0.229 e. The Hall–Kier alpha value is -3.99. The fraction of sp³-hybridized carbons (Fsp3) is 0.0417. The number of aromatic nitrogens is 4. The molecule has 0 aliphatic heterocycles. The van der Waals surface area contributed by atoms with Gasteiger partial charge in [-0.05, 0) is 30.7 Å². The Kier molecular flexibility index (Phi) is 4.26. The number of rotatable bonds is 4. The number of hydrogen-bond acceptors (Lipinski definition) is 4. The molecule has 0 saturated carbocycles. The summed E-state index contributed by atoms with van der Waals surface area (Å²) in [5, 5.41) is 11.7. The molecule has 0 bridgehead atoms. The van der Waals surface area contributed by atoms with E-state index in [4.69, 9.17) is 9.97 Å². The lowest BCUT2D eigenvalue weighted by Gasteiger charge is -2.11. The van der Waals surface area contributed by atoms with Crippen LogP contribution in [0, 0.1) is 6.92 Å². The second-order valence-electron chi connectivity index (χ2n) is 6.89. The van der Waals surface area contributed by atoms with Crippen LogP contribution in [0.15, 0.2) is 84.9 Å². The smallest absolute Gasteiger partial charge is 0.229 e. The van der Waals surface area contributed by atoms with Gasteiger partial charge in [0.25, 0.3) is 0 Å². The van der Waals surface area contributed by atoms with Crippen molar-refractivity contribution in [2.45, 2.75) is 6.92 Å². The molecule has 0 fully saturated rings. The number of nitrogens with zero attached hydrogens (tertiary/aromatic N) is 3. The topological polar surface area (TPSA) is 66.5 Å². The van der Waals surface area contributed by atoms with Crippen LogP contribution in [0.4, 0.5) is 11.8 Å². The lowest BCUT2D eigenvalue weighted by molar-refractivity contribution is 1.10. The molecule has 5 aromatic rings. The molecule has 0 amide bonds. The third-order valence-corrected chi connectivity index (χ3v) is 4.92. The summed E-state index contributed by atoms with van der Waals surface area (Å²) >= 11 is 0. The number of anilines is 2. The Balaban J connectivity index is 1.64. The number of benzene rings is 3. The van der Waals surface area contributed by atoms with Crippen molar-refractivity contribution < 1.29 is 0 Å². The van der Waals surface area contributed by atoms with E-state index in [-0.39, 0.29) is 0 Å². The number of aryl methyl sites for hydroxylation is 1. The van der Waals surface area contributed by atoms with Crippen molar-refractivity contribution in [3.05, 3.63) is 90.5 Å². The summed E-state index contributed by atoms with van der Waals surface area (Å²) in [5.74, 6) is 1.23. The minimum absolute atomic E-state index is 0.516. The van der Waals surface area contributed by atoms with Gasteiger partial charge in [-0.3, -0.25) is 5.10 Å². The lowest BCUT2D eigenvalue weighted by atomic mass is 10.0. The fourth-order valence-electron chi connectivity index (χ4n) is 3.42. The molecule has 2 heterocycles. The molecular weight excluding hydrogens is 358 g/mol. The fourth-order valence-corrected chi connectivity index (χ4v) is 3.42. The number of para-hydroxylation sites is 1. The zero-order valence-corrected chi connectivity index (χ0v) is 15.9. The van der Waals surface area contributed by atoms with Gasteiger partial charge >= 0.3 is 0 Å². The first-order valence-electron chi connectivity index (χ1n) is 9.48. The molecule has 0 spiro atoms. The van der Waals surface area contributed by atoms with Crippen LogP contribution in [-0.4, -0.2) is 20.2 Å². The number of fused-ring (bicyclic) bond motifs is 1. The van der Waals surface area contributed by atoms with E-state index in [1.807, 2.05) is 60.7 Å². The zero-order chi connectivity index (χ0) is 19.6. The van der Waals surface area contributed by atoms with E-state index in [1.165, 1.54) is 5.56 Å². The molecule has 5 heteroatoms. The molecule has 5 nitrogen and oxygen atoms in total. The summed E-state index contributed by atoms with van der Waals surface area (Å²) in [7, 11) is 0. The van der Waals surface area contributed by atoms with E-state index in [0.29, 0.717) is 11.8 Å². The molecule has 0 saturated heterocycles. The Bertz CT molecular complexity index is 1290. The van der Waals surface area contributed by atoms with E-state index < -0.39 is 0 Å². The monoisotopic (exact) mass is 377 g/mol. The van der Waals surface area contributed by atoms with Gasteiger partial charge in [0, 0.05) is 16.5 Å². The van der Waals surface area contributed by atoms with Crippen LogP contribution in [0.2, 0.25) is 0 Å². The molecule has 0 atom stereocenters. The van der Waals surface area contributed by atoms with Gasteiger partial charge in [-0.1, -0.05) is 66.7 Å². The molecule has 29 heavy (non-hydrogen) atoms. The Labute approximate surface area is 168 Å². The quantitative estimate of drug-likeness (QED) is 0.419. The summed E-state index contributed by atoms with van der Waals surface area (Å²) in [6, 6.07) is 28.4. The van der Waals surface area contributed by atoms with Crippen molar-refractivity contribution in [3.8, 4) is 22.5 Å². The van der Waals surface area contributed by atoms with E-state index in [9.17, 15) is 0 Å². The lowest BCUT2D eigenvalue weighted by Crippen LogP contribution is -2.01. The van der Waals surface area contributed by atoms with Gasteiger partial charge in [0.1, 0.15) is 0 Å². The summed E-state index contributed by atoms with van der Waals surface area (Å²) in [6.45, 7) is 2.09. The third-order valence-electron chi connectivity index (χ3n) is 4.92. The Morgan fingerprint density at radius 2 is 1.48 bits per heavy atom. The van der Waals surface area contributed by atoms with Gasteiger partial charge in [0.05, 0.1) is 16.9 Å². The Morgan fingerprint density at radius 3 is 2.34 bits per heavy atom. The minimum atomic E-state index is 0.516. The molecule has 2 N–H and O–H groups in total. The van der Waals surface area contributed by atoms with Gasteiger partial charge in [-0.25, -0.2) is 9.97 Å². The first-order chi connectivity index (χ1) is 14.3. The molecule has 3 aromatic carbocycles. The predicted molar refractivity (Wildman–Crippen MR) is 117 cm³/mol. The van der Waals surface area contributed by atoms with Gasteiger partial charge in [0.2, 0.25) is 5.95 Å². The van der Waals surface area contributed by atoms with Crippen LogP contribution < -0.4 is 5.32 Å². The van der Waals surface area contributed by atoms with Gasteiger partial charge in [0.15, 0.2) is 5.82 Å². The summed E-state index contributed by atoms with van der Waals surface area (Å²) in [4.78, 5) is 9.56. The van der Waals surface area contributed by atoms with Crippen LogP contribution in [0.5, 0.6) is 0 Å². The number of aromatic amines is 1. The molecule has 0 aliphatic carbocycles. The highest BCUT2D eigenvalue weighted by atomic mass is 15.2. The highest BCUT2D eigenvalue weighted by molar-refractivity contribution is 5.91. The molecular formula is C24H19N5. The van der Waals surface area contributed by atoms with Crippen LogP contribution in [0.1, 0.15) is 5.56 Å². The molecule has 5 rings (SSSR count). The molecule has 0 radical (unpaired) electrons. The average molecular weight is 377 g/mol. The van der Waals surface area contributed by atoms with Gasteiger partial charge in [-0.15, -0.1) is 0 Å². The van der Waals surface area contributed by atoms with Crippen LogP contribution >= 0.6 is 0 Å². The average Bonchev–Trinajstić information content (AvgIpc) is 3.17. The van der Waals surface area contributed by atoms with Crippen LogP contribution in [0.25, 0.3) is 33.4 Å². The summed E-state index contributed by atoms with van der Waals surface area (Å²) in [5.41, 5.74) is 6.00. The first kappa shape index (κ1) is 17.1. The van der Waals surface area contributed by atoms with Crippen LogP contribution in [-0.2, 0) is 0 Å². The van der Waals surface area contributed by atoms with Crippen molar-refractivity contribution in [2.75, 3.05) is 5.32 Å². The van der Waals surface area contributed by atoms with Gasteiger partial charge < -0.3 is 5.32 Å². The van der Waals surface area contributed by atoms with E-state index in [2.05, 4.69) is 46.7 Å². The van der Waals surface area contributed by atoms with Crippen molar-refractivity contribution in [1.29, 1.82) is 0 Å². The second kappa shape index (κ2) is 7.20. The van der Waals surface area contributed by atoms with E-state index in [0.717, 1.165) is 33.4 Å². The molecule has 140 valence electrons. The molecule has 0 unspecified atom stereocenters. The first-order valence-corrected chi connectivity index (χ1v) is 9.48. The molecule has 2 aromatic heterocycles. The number of H-pyrrole nitrogens is 1. The van der Waals surface area contributed by atoms with Gasteiger partial charge in [-0.2, -0.15) is 5.10 Å². The highest BCUT2D eigenvalue weighted by Gasteiger charge is 2.12. The predicted octanol–water partition coefficient (Wildman–Crippen LogP) is 5.74. The largest absolute Gasteiger partial charge is 0.307 e. The summed E-state index contributed by atoms with van der Waals surface area (Å²) in [6.07, 6.45) is 0. The zero-order valence-electron chi connectivity index (χ0n) is 15.9. The number of hydrogen-bond donors (Lipinski definition) is 2. The van der Waals surface area contributed by atoms with E-state index >= 15 is 0 Å². The van der Waals surface area contributed by atoms with E-state index in [1.54, 1.807) is 0 Å². The molecule has 0 aliphatic rings. The van der Waals surface area contributed by atoms with Crippen molar-refractivity contribution in [1.82, 2.24) is 20.2 Å². The Morgan fingerprint density at radius 1 is 0.759 bits per heavy atom. The third kappa shape index (κ3) is 3.34.